The molecule has 0 unspecified atom stereocenters. The van der Waals surface area contributed by atoms with Gasteiger partial charge in [-0.25, -0.2) is 9.97 Å². The van der Waals surface area contributed by atoms with Gasteiger partial charge < -0.3 is 14.3 Å². The first-order chi connectivity index (χ1) is 15.4. The van der Waals surface area contributed by atoms with E-state index in [0.717, 1.165) is 47.3 Å². The van der Waals surface area contributed by atoms with Gasteiger partial charge in [-0.05, 0) is 49.3 Å². The highest BCUT2D eigenvalue weighted by molar-refractivity contribution is 5.92. The quantitative estimate of drug-likeness (QED) is 0.588. The number of likely N-dealkylation sites (tertiary alicyclic amines) is 1. The molecule has 0 spiro atoms. The van der Waals surface area contributed by atoms with Gasteiger partial charge in [0.2, 0.25) is 11.7 Å². The van der Waals surface area contributed by atoms with Gasteiger partial charge in [-0.1, -0.05) is 19.0 Å². The van der Waals surface area contributed by atoms with E-state index in [4.69, 9.17) is 9.51 Å². The highest BCUT2D eigenvalue weighted by Crippen LogP contribution is 2.38. The number of piperidine rings is 1. The molecule has 3 aromatic heterocycles. The molecule has 0 radical (unpaired) electrons. The second-order valence-corrected chi connectivity index (χ2v) is 8.83. The minimum absolute atomic E-state index is 0.142. The number of carbonyl (C=O) groups excluding carboxylic acids is 1. The van der Waals surface area contributed by atoms with Crippen LogP contribution in [0.2, 0.25) is 0 Å². The molecule has 8 heteroatoms. The van der Waals surface area contributed by atoms with E-state index >= 15 is 0 Å². The molecule has 1 atom stereocenters. The first-order valence-corrected chi connectivity index (χ1v) is 11.1. The lowest BCUT2D eigenvalue weighted by Crippen LogP contribution is -2.39. The SMILES string of the molecule is Cc1cnccc1-c1cnc(N(C)C)nc1[C@@H]1CCCCN1C(=O)c1cc(C(C)C)no1. The fourth-order valence-electron chi connectivity index (χ4n) is 4.10. The Balaban J connectivity index is 1.79. The summed E-state index contributed by atoms with van der Waals surface area (Å²) in [6.45, 7) is 6.74. The van der Waals surface area contributed by atoms with Crippen LogP contribution in [0.5, 0.6) is 0 Å². The second-order valence-electron chi connectivity index (χ2n) is 8.83. The van der Waals surface area contributed by atoms with E-state index in [2.05, 4.69) is 15.1 Å². The predicted octanol–water partition coefficient (Wildman–Crippen LogP) is 4.39. The van der Waals surface area contributed by atoms with Crippen LogP contribution in [0.1, 0.15) is 72.6 Å². The van der Waals surface area contributed by atoms with Crippen molar-refractivity contribution >= 4 is 11.9 Å². The lowest BCUT2D eigenvalue weighted by atomic mass is 9.92. The summed E-state index contributed by atoms with van der Waals surface area (Å²) >= 11 is 0. The third-order valence-electron chi connectivity index (χ3n) is 5.93. The van der Waals surface area contributed by atoms with Crippen LogP contribution < -0.4 is 4.90 Å². The summed E-state index contributed by atoms with van der Waals surface area (Å²) in [6, 6.07) is 3.57. The monoisotopic (exact) mass is 434 g/mol. The zero-order valence-corrected chi connectivity index (χ0v) is 19.4. The standard InChI is InChI=1S/C24H30N6O2/c1-15(2)19-12-21(32-28-19)23(31)30-11-7-6-8-20(30)22-18(14-26-24(27-22)29(4)5)17-9-10-25-13-16(17)3/h9-10,12-15,20H,6-8,11H2,1-5H3/t20-/m0/s1. The van der Waals surface area contributed by atoms with Crippen molar-refractivity contribution in [3.8, 4) is 11.1 Å². The largest absolute Gasteiger partial charge is 0.351 e. The van der Waals surface area contributed by atoms with E-state index < -0.39 is 0 Å². The number of aromatic nitrogens is 4. The van der Waals surface area contributed by atoms with Crippen LogP contribution in [-0.2, 0) is 0 Å². The molecule has 8 nitrogen and oxygen atoms in total. The Morgan fingerprint density at radius 3 is 2.72 bits per heavy atom. The normalized spacial score (nSPS) is 16.4. The molecule has 1 aliphatic rings. The number of rotatable bonds is 5. The molecule has 0 N–H and O–H groups in total. The number of aryl methyl sites for hydroxylation is 1. The Morgan fingerprint density at radius 1 is 1.22 bits per heavy atom. The van der Waals surface area contributed by atoms with Gasteiger partial charge in [0, 0.05) is 50.9 Å². The van der Waals surface area contributed by atoms with Crippen LogP contribution in [-0.4, -0.2) is 51.6 Å². The molecule has 0 aromatic carbocycles. The molecule has 0 saturated carbocycles. The van der Waals surface area contributed by atoms with Crippen LogP contribution in [0.4, 0.5) is 5.95 Å². The van der Waals surface area contributed by atoms with E-state index in [1.807, 2.05) is 63.1 Å². The number of hydrogen-bond donors (Lipinski definition) is 0. The highest BCUT2D eigenvalue weighted by Gasteiger charge is 2.34. The van der Waals surface area contributed by atoms with Gasteiger partial charge in [-0.15, -0.1) is 0 Å². The van der Waals surface area contributed by atoms with Gasteiger partial charge in [0.1, 0.15) is 0 Å². The Morgan fingerprint density at radius 2 is 2.03 bits per heavy atom. The second kappa shape index (κ2) is 9.06. The van der Waals surface area contributed by atoms with Crippen LogP contribution in [0.3, 0.4) is 0 Å². The van der Waals surface area contributed by atoms with Crippen molar-refractivity contribution in [3.63, 3.8) is 0 Å². The lowest BCUT2D eigenvalue weighted by molar-refractivity contribution is 0.0564. The van der Waals surface area contributed by atoms with Crippen molar-refractivity contribution in [1.82, 2.24) is 25.0 Å². The van der Waals surface area contributed by atoms with E-state index in [9.17, 15) is 4.79 Å². The molecule has 168 valence electrons. The molecule has 32 heavy (non-hydrogen) atoms. The molecule has 1 fully saturated rings. The first-order valence-electron chi connectivity index (χ1n) is 11.1. The molecular formula is C24H30N6O2. The fourth-order valence-corrected chi connectivity index (χ4v) is 4.10. The Labute approximate surface area is 188 Å². The molecule has 3 aromatic rings. The first kappa shape index (κ1) is 21.9. The van der Waals surface area contributed by atoms with Gasteiger partial charge in [0.05, 0.1) is 17.4 Å². The summed E-state index contributed by atoms with van der Waals surface area (Å²) in [6.07, 6.45) is 8.28. The average Bonchev–Trinajstić information content (AvgIpc) is 3.29. The third kappa shape index (κ3) is 4.22. The molecule has 0 bridgehead atoms. The van der Waals surface area contributed by atoms with Gasteiger partial charge in [0.15, 0.2) is 0 Å². The Bertz CT molecular complexity index is 1110. The van der Waals surface area contributed by atoms with E-state index in [0.29, 0.717) is 12.5 Å². The van der Waals surface area contributed by atoms with Crippen LogP contribution >= 0.6 is 0 Å². The van der Waals surface area contributed by atoms with E-state index in [1.165, 1.54) is 0 Å². The van der Waals surface area contributed by atoms with Crippen molar-refractivity contribution in [2.45, 2.75) is 52.0 Å². The number of anilines is 1. The lowest BCUT2D eigenvalue weighted by Gasteiger charge is -2.36. The fraction of sp³-hybridized carbons (Fsp3) is 0.458. The van der Waals surface area contributed by atoms with Crippen LogP contribution in [0.15, 0.2) is 35.2 Å². The van der Waals surface area contributed by atoms with Crippen molar-refractivity contribution < 1.29 is 9.32 Å². The average molecular weight is 435 g/mol. The third-order valence-corrected chi connectivity index (χ3v) is 5.93. The molecule has 1 amide bonds. The number of amides is 1. The van der Waals surface area contributed by atoms with Gasteiger partial charge in [0.25, 0.3) is 5.91 Å². The highest BCUT2D eigenvalue weighted by atomic mass is 16.5. The van der Waals surface area contributed by atoms with Gasteiger partial charge in [-0.2, -0.15) is 0 Å². The predicted molar refractivity (Wildman–Crippen MR) is 123 cm³/mol. The van der Waals surface area contributed by atoms with E-state index in [-0.39, 0.29) is 23.6 Å². The summed E-state index contributed by atoms with van der Waals surface area (Å²) in [5.74, 6) is 0.957. The summed E-state index contributed by atoms with van der Waals surface area (Å²) in [5, 5.41) is 4.08. The minimum Gasteiger partial charge on any atom is -0.351 e. The van der Waals surface area contributed by atoms with Crippen LogP contribution in [0.25, 0.3) is 11.1 Å². The number of nitrogens with zero attached hydrogens (tertiary/aromatic N) is 6. The summed E-state index contributed by atoms with van der Waals surface area (Å²) in [4.78, 5) is 31.0. The number of pyridine rings is 1. The minimum atomic E-state index is -0.173. The van der Waals surface area contributed by atoms with Crippen molar-refractivity contribution in [3.05, 3.63) is 53.4 Å². The zero-order valence-electron chi connectivity index (χ0n) is 19.4. The summed E-state index contributed by atoms with van der Waals surface area (Å²) in [5.41, 5.74) is 4.64. The maximum absolute atomic E-state index is 13.5. The zero-order chi connectivity index (χ0) is 22.8. The maximum Gasteiger partial charge on any atom is 0.293 e. The van der Waals surface area contributed by atoms with Crippen LogP contribution in [0, 0.1) is 6.92 Å². The molecule has 0 aliphatic carbocycles. The summed E-state index contributed by atoms with van der Waals surface area (Å²) in [7, 11) is 3.84. The molecule has 4 heterocycles. The summed E-state index contributed by atoms with van der Waals surface area (Å²) < 4.78 is 5.43. The van der Waals surface area contributed by atoms with Crippen molar-refractivity contribution in [2.24, 2.45) is 0 Å². The van der Waals surface area contributed by atoms with Gasteiger partial charge >= 0.3 is 0 Å². The van der Waals surface area contributed by atoms with Crippen molar-refractivity contribution in [2.75, 3.05) is 25.5 Å². The molecule has 1 saturated heterocycles. The molecular weight excluding hydrogens is 404 g/mol. The van der Waals surface area contributed by atoms with E-state index in [1.54, 1.807) is 12.3 Å². The Kier molecular flexibility index (Phi) is 6.21. The number of carbonyl (C=O) groups is 1. The Hall–Kier alpha value is -3.29. The van der Waals surface area contributed by atoms with Gasteiger partial charge in [-0.3, -0.25) is 9.78 Å². The molecule has 4 rings (SSSR count). The molecule has 1 aliphatic heterocycles. The maximum atomic E-state index is 13.5. The smallest absolute Gasteiger partial charge is 0.293 e. The number of hydrogen-bond acceptors (Lipinski definition) is 7. The van der Waals surface area contributed by atoms with Crippen molar-refractivity contribution in [1.29, 1.82) is 0 Å². The topological polar surface area (TPSA) is 88.3 Å².